The van der Waals surface area contributed by atoms with Crippen LogP contribution in [0.1, 0.15) is 5.56 Å². The predicted molar refractivity (Wildman–Crippen MR) is 65.5 cm³/mol. The van der Waals surface area contributed by atoms with Crippen LogP contribution in [-0.2, 0) is 16.1 Å². The van der Waals surface area contributed by atoms with E-state index in [0.29, 0.717) is 24.2 Å². The van der Waals surface area contributed by atoms with Gasteiger partial charge in [0.2, 0.25) is 0 Å². The van der Waals surface area contributed by atoms with Gasteiger partial charge in [-0.3, -0.25) is 15.0 Å². The summed E-state index contributed by atoms with van der Waals surface area (Å²) in [6.45, 7) is 1.32. The summed E-state index contributed by atoms with van der Waals surface area (Å²) in [7, 11) is 1.58. The van der Waals surface area contributed by atoms with Crippen LogP contribution in [0.3, 0.4) is 0 Å². The van der Waals surface area contributed by atoms with Crippen LogP contribution in [0.15, 0.2) is 22.7 Å². The zero-order chi connectivity index (χ0) is 12.7. The Morgan fingerprint density at radius 1 is 1.47 bits per heavy atom. The van der Waals surface area contributed by atoms with Gasteiger partial charge in [-0.15, -0.1) is 0 Å². The molecule has 1 N–H and O–H groups in total. The number of hydrogen-bond donors (Lipinski definition) is 1. The molecule has 1 aromatic rings. The molecule has 0 spiro atoms. The van der Waals surface area contributed by atoms with Crippen LogP contribution in [0, 0.1) is 10.1 Å². The van der Waals surface area contributed by atoms with Crippen molar-refractivity contribution in [2.24, 2.45) is 0 Å². The molecule has 0 aliphatic heterocycles. The molecule has 0 radical (unpaired) electrons. The molecular weight excluding hydrogens is 292 g/mol. The molecule has 0 amide bonds. The standard InChI is InChI=1S/C10H13BrN2O4/c1-16-4-5-17-12-7-8-2-3-9(11)10(6-8)13(14)15/h2-3,6,12H,4-5,7H2,1H3. The number of benzene rings is 1. The number of nitrogens with zero attached hydrogens (tertiary/aromatic N) is 1. The number of rotatable bonds is 7. The number of nitro benzene ring substituents is 1. The molecular formula is C10H13BrN2O4. The summed E-state index contributed by atoms with van der Waals surface area (Å²) >= 11 is 3.12. The predicted octanol–water partition coefficient (Wildman–Crippen LogP) is 2.02. The lowest BCUT2D eigenvalue weighted by Gasteiger charge is -2.05. The van der Waals surface area contributed by atoms with E-state index in [2.05, 4.69) is 21.4 Å². The number of nitrogens with one attached hydrogen (secondary N) is 1. The van der Waals surface area contributed by atoms with Crippen LogP contribution in [-0.4, -0.2) is 25.2 Å². The van der Waals surface area contributed by atoms with E-state index in [1.54, 1.807) is 19.2 Å². The first-order chi connectivity index (χ1) is 8.15. The highest BCUT2D eigenvalue weighted by Gasteiger charge is 2.11. The highest BCUT2D eigenvalue weighted by Crippen LogP contribution is 2.25. The highest BCUT2D eigenvalue weighted by molar-refractivity contribution is 9.10. The van der Waals surface area contributed by atoms with Crippen molar-refractivity contribution in [3.63, 3.8) is 0 Å². The van der Waals surface area contributed by atoms with E-state index in [0.717, 1.165) is 5.56 Å². The summed E-state index contributed by atoms with van der Waals surface area (Å²) in [5.41, 5.74) is 3.52. The first kappa shape index (κ1) is 14.0. The third-order valence-corrected chi connectivity index (χ3v) is 2.65. The van der Waals surface area contributed by atoms with E-state index in [-0.39, 0.29) is 5.69 Å². The van der Waals surface area contributed by atoms with Crippen LogP contribution in [0.4, 0.5) is 5.69 Å². The molecule has 6 nitrogen and oxygen atoms in total. The van der Waals surface area contributed by atoms with Crippen molar-refractivity contribution < 1.29 is 14.5 Å². The molecule has 0 bridgehead atoms. The summed E-state index contributed by atoms with van der Waals surface area (Å²) < 4.78 is 5.26. The minimum atomic E-state index is -0.431. The molecule has 7 heteroatoms. The molecule has 0 unspecified atom stereocenters. The van der Waals surface area contributed by atoms with E-state index in [1.165, 1.54) is 6.07 Å². The fourth-order valence-corrected chi connectivity index (χ4v) is 1.53. The fraction of sp³-hybridized carbons (Fsp3) is 0.400. The van der Waals surface area contributed by atoms with Crippen LogP contribution >= 0.6 is 15.9 Å². The molecule has 0 aromatic heterocycles. The van der Waals surface area contributed by atoms with Gasteiger partial charge in [-0.1, -0.05) is 6.07 Å². The fourth-order valence-electron chi connectivity index (χ4n) is 1.14. The molecule has 94 valence electrons. The topological polar surface area (TPSA) is 73.6 Å². The molecule has 17 heavy (non-hydrogen) atoms. The smallest absolute Gasteiger partial charge is 0.283 e. The number of methoxy groups -OCH3 is 1. The van der Waals surface area contributed by atoms with Gasteiger partial charge < -0.3 is 4.74 Å². The maximum atomic E-state index is 10.7. The van der Waals surface area contributed by atoms with Crippen molar-refractivity contribution in [1.29, 1.82) is 0 Å². The summed E-state index contributed by atoms with van der Waals surface area (Å²) in [6, 6.07) is 4.92. The minimum absolute atomic E-state index is 0.0428. The largest absolute Gasteiger partial charge is 0.382 e. The van der Waals surface area contributed by atoms with E-state index >= 15 is 0 Å². The lowest BCUT2D eigenvalue weighted by atomic mass is 10.2. The first-order valence-electron chi connectivity index (χ1n) is 4.91. The molecule has 0 heterocycles. The molecule has 1 rings (SSSR count). The van der Waals surface area contributed by atoms with Crippen molar-refractivity contribution >= 4 is 21.6 Å². The Morgan fingerprint density at radius 2 is 2.24 bits per heavy atom. The quantitative estimate of drug-likeness (QED) is 0.474. The molecule has 1 aromatic carbocycles. The Hall–Kier alpha value is -1.02. The van der Waals surface area contributed by atoms with Crippen molar-refractivity contribution in [1.82, 2.24) is 5.48 Å². The van der Waals surface area contributed by atoms with E-state index in [4.69, 9.17) is 9.57 Å². The Labute approximate surface area is 107 Å². The van der Waals surface area contributed by atoms with Gasteiger partial charge in [0.1, 0.15) is 0 Å². The zero-order valence-corrected chi connectivity index (χ0v) is 10.9. The summed E-state index contributed by atoms with van der Waals surface area (Å²) in [5.74, 6) is 0. The van der Waals surface area contributed by atoms with Crippen LogP contribution < -0.4 is 5.48 Å². The van der Waals surface area contributed by atoms with Gasteiger partial charge in [-0.25, -0.2) is 0 Å². The maximum absolute atomic E-state index is 10.7. The van der Waals surface area contributed by atoms with Crippen molar-refractivity contribution in [2.45, 2.75) is 6.54 Å². The number of hydroxylamine groups is 1. The van der Waals surface area contributed by atoms with Crippen LogP contribution in [0.2, 0.25) is 0 Å². The van der Waals surface area contributed by atoms with Gasteiger partial charge in [-0.2, -0.15) is 5.48 Å². The zero-order valence-electron chi connectivity index (χ0n) is 9.31. The van der Waals surface area contributed by atoms with Crippen LogP contribution in [0.5, 0.6) is 0 Å². The summed E-state index contributed by atoms with van der Waals surface area (Å²) in [6.07, 6.45) is 0. The lowest BCUT2D eigenvalue weighted by Crippen LogP contribution is -2.17. The Morgan fingerprint density at radius 3 is 2.88 bits per heavy atom. The second kappa shape index (κ2) is 7.33. The van der Waals surface area contributed by atoms with Crippen molar-refractivity contribution in [2.75, 3.05) is 20.3 Å². The number of ether oxygens (including phenoxy) is 1. The Bertz CT molecular complexity index is 387. The molecule has 0 saturated heterocycles. The number of nitro groups is 1. The third-order valence-electron chi connectivity index (χ3n) is 1.98. The Kier molecular flexibility index (Phi) is 6.06. The van der Waals surface area contributed by atoms with E-state index in [9.17, 15) is 10.1 Å². The second-order valence-electron chi connectivity index (χ2n) is 3.21. The first-order valence-corrected chi connectivity index (χ1v) is 5.71. The van der Waals surface area contributed by atoms with Crippen LogP contribution in [0.25, 0.3) is 0 Å². The number of halogens is 1. The van der Waals surface area contributed by atoms with Gasteiger partial charge in [0, 0.05) is 19.7 Å². The lowest BCUT2D eigenvalue weighted by molar-refractivity contribution is -0.385. The molecule has 0 saturated carbocycles. The average Bonchev–Trinajstić information content (AvgIpc) is 2.30. The van der Waals surface area contributed by atoms with Gasteiger partial charge >= 0.3 is 0 Å². The van der Waals surface area contributed by atoms with Gasteiger partial charge in [0.05, 0.1) is 22.6 Å². The van der Waals surface area contributed by atoms with E-state index in [1.807, 2.05) is 0 Å². The molecule has 0 aliphatic rings. The second-order valence-corrected chi connectivity index (χ2v) is 4.06. The monoisotopic (exact) mass is 304 g/mol. The normalized spacial score (nSPS) is 10.5. The Balaban J connectivity index is 2.49. The van der Waals surface area contributed by atoms with Gasteiger partial charge in [0.25, 0.3) is 5.69 Å². The molecule has 0 aliphatic carbocycles. The maximum Gasteiger partial charge on any atom is 0.283 e. The van der Waals surface area contributed by atoms with E-state index < -0.39 is 4.92 Å². The highest BCUT2D eigenvalue weighted by atomic mass is 79.9. The van der Waals surface area contributed by atoms with Gasteiger partial charge in [0.15, 0.2) is 0 Å². The molecule has 0 fully saturated rings. The minimum Gasteiger partial charge on any atom is -0.382 e. The van der Waals surface area contributed by atoms with Crippen molar-refractivity contribution in [3.05, 3.63) is 38.3 Å². The summed E-state index contributed by atoms with van der Waals surface area (Å²) in [5, 5.41) is 10.7. The van der Waals surface area contributed by atoms with Crippen molar-refractivity contribution in [3.8, 4) is 0 Å². The van der Waals surface area contributed by atoms with Gasteiger partial charge in [-0.05, 0) is 27.6 Å². The average molecular weight is 305 g/mol. The number of hydrogen-bond acceptors (Lipinski definition) is 5. The third kappa shape index (κ3) is 4.78. The molecule has 0 atom stereocenters. The summed E-state index contributed by atoms with van der Waals surface area (Å²) in [4.78, 5) is 15.3. The SMILES string of the molecule is COCCONCc1ccc(Br)c([N+](=O)[O-])c1.